The highest BCUT2D eigenvalue weighted by Gasteiger charge is 2.46. The lowest BCUT2D eigenvalue weighted by Gasteiger charge is -2.49. The van der Waals surface area contributed by atoms with Crippen LogP contribution in [-0.4, -0.2) is 15.0 Å². The van der Waals surface area contributed by atoms with Crippen molar-refractivity contribution in [3.05, 3.63) is 151 Å². The molecule has 0 radical (unpaired) electrons. The summed E-state index contributed by atoms with van der Waals surface area (Å²) < 4.78 is 6.26. The lowest BCUT2D eigenvalue weighted by Crippen LogP contribution is -2.43. The Balaban J connectivity index is 1.22. The van der Waals surface area contributed by atoms with Crippen molar-refractivity contribution in [2.75, 3.05) is 0 Å². The Kier molecular flexibility index (Phi) is 6.23. The fourth-order valence-electron chi connectivity index (χ4n) is 8.39. The summed E-state index contributed by atoms with van der Waals surface area (Å²) in [5.41, 5.74) is 9.41. The molecule has 0 N–H and O–H groups in total. The molecule has 0 amide bonds. The Morgan fingerprint density at radius 3 is 1.96 bits per heavy atom. The monoisotopic (exact) mass is 657 g/mol. The van der Waals surface area contributed by atoms with Crippen molar-refractivity contribution < 1.29 is 4.42 Å². The topological polar surface area (TPSA) is 51.8 Å². The molecule has 244 valence electrons. The Morgan fingerprint density at radius 1 is 0.431 bits per heavy atom. The van der Waals surface area contributed by atoms with Crippen LogP contribution in [0, 0.1) is 0 Å². The third kappa shape index (κ3) is 4.29. The molecule has 4 nitrogen and oxygen atoms in total. The fourth-order valence-corrected chi connectivity index (χ4v) is 8.39. The predicted octanol–water partition coefficient (Wildman–Crippen LogP) is 12.3. The van der Waals surface area contributed by atoms with E-state index in [1.54, 1.807) is 0 Å². The van der Waals surface area contributed by atoms with Gasteiger partial charge in [-0.25, -0.2) is 15.0 Å². The van der Waals surface area contributed by atoms with Crippen LogP contribution in [0.25, 0.3) is 88.8 Å². The molecule has 1 aliphatic rings. The SMILES string of the molecule is CC1(C)c2ccc(-c3nc(-c4ccccc4)nc(-c4cccc5oc6ccccc6c45)n3)cc2-c2ccc3c(ccc4ccccc43)c2C1(C)C. The first-order chi connectivity index (χ1) is 24.8. The van der Waals surface area contributed by atoms with E-state index in [0.717, 1.165) is 38.6 Å². The molecule has 0 bridgehead atoms. The van der Waals surface area contributed by atoms with Gasteiger partial charge in [-0.1, -0.05) is 149 Å². The van der Waals surface area contributed by atoms with Crippen molar-refractivity contribution in [3.63, 3.8) is 0 Å². The normalized spacial score (nSPS) is 14.6. The average molecular weight is 658 g/mol. The second-order valence-electron chi connectivity index (χ2n) is 14.8. The maximum Gasteiger partial charge on any atom is 0.164 e. The lowest BCUT2D eigenvalue weighted by molar-refractivity contribution is 0.301. The first-order valence-electron chi connectivity index (χ1n) is 17.6. The van der Waals surface area contributed by atoms with Gasteiger partial charge in [-0.2, -0.15) is 0 Å². The zero-order chi connectivity index (χ0) is 34.5. The molecular weight excluding hydrogens is 623 g/mol. The molecule has 2 heterocycles. The molecule has 0 atom stereocenters. The lowest BCUT2D eigenvalue weighted by atomic mass is 9.54. The maximum absolute atomic E-state index is 6.26. The Hall–Kier alpha value is -6.13. The maximum atomic E-state index is 6.26. The van der Waals surface area contributed by atoms with Crippen molar-refractivity contribution in [2.24, 2.45) is 0 Å². The van der Waals surface area contributed by atoms with Gasteiger partial charge in [0.1, 0.15) is 11.2 Å². The number of hydrogen-bond acceptors (Lipinski definition) is 4. The van der Waals surface area contributed by atoms with Gasteiger partial charge in [0.2, 0.25) is 0 Å². The van der Waals surface area contributed by atoms with Gasteiger partial charge in [0.05, 0.1) is 0 Å². The van der Waals surface area contributed by atoms with Crippen LogP contribution in [0.4, 0.5) is 0 Å². The second-order valence-corrected chi connectivity index (χ2v) is 14.8. The molecule has 2 aromatic heterocycles. The van der Waals surface area contributed by atoms with E-state index in [1.165, 1.54) is 43.8 Å². The molecule has 0 spiro atoms. The zero-order valence-electron chi connectivity index (χ0n) is 29.0. The average Bonchev–Trinajstić information content (AvgIpc) is 3.56. The van der Waals surface area contributed by atoms with Crippen LogP contribution in [0.15, 0.2) is 144 Å². The zero-order valence-corrected chi connectivity index (χ0v) is 29.0. The quantitative estimate of drug-likeness (QED) is 0.177. The summed E-state index contributed by atoms with van der Waals surface area (Å²) in [6.45, 7) is 9.58. The molecule has 51 heavy (non-hydrogen) atoms. The summed E-state index contributed by atoms with van der Waals surface area (Å²) in [5.74, 6) is 1.90. The molecule has 0 unspecified atom stereocenters. The first-order valence-corrected chi connectivity index (χ1v) is 17.6. The number of rotatable bonds is 3. The number of furan rings is 1. The number of nitrogens with zero attached hydrogens (tertiary/aromatic N) is 3. The largest absolute Gasteiger partial charge is 0.456 e. The summed E-state index contributed by atoms with van der Waals surface area (Å²) >= 11 is 0. The summed E-state index contributed by atoms with van der Waals surface area (Å²) in [5, 5.41) is 7.21. The second kappa shape index (κ2) is 10.7. The summed E-state index contributed by atoms with van der Waals surface area (Å²) in [6, 6.07) is 49.2. The molecule has 9 aromatic rings. The molecule has 7 aromatic carbocycles. The van der Waals surface area contributed by atoms with Crippen molar-refractivity contribution in [1.82, 2.24) is 15.0 Å². The summed E-state index contributed by atoms with van der Waals surface area (Å²) in [6.07, 6.45) is 0. The molecule has 0 aliphatic heterocycles. The number of fused-ring (bicyclic) bond motifs is 10. The van der Waals surface area contributed by atoms with E-state index in [2.05, 4.69) is 119 Å². The Morgan fingerprint density at radius 2 is 1.12 bits per heavy atom. The van der Waals surface area contributed by atoms with Gasteiger partial charge < -0.3 is 4.42 Å². The van der Waals surface area contributed by atoms with Crippen LogP contribution >= 0.6 is 0 Å². The van der Waals surface area contributed by atoms with Crippen molar-refractivity contribution in [2.45, 2.75) is 38.5 Å². The minimum atomic E-state index is -0.148. The molecule has 0 fully saturated rings. The van der Waals surface area contributed by atoms with E-state index in [4.69, 9.17) is 19.4 Å². The minimum absolute atomic E-state index is 0.133. The standard InChI is InChI=1S/C47H35N3O/c1-46(2)38-26-22-30(27-37(38)34-25-24-32-31-16-9-8-13-28(31)21-23-33(32)42(34)47(46,3)4)44-48-43(29-14-6-5-7-15-29)49-45(50-44)36-18-12-20-40-41(36)35-17-10-11-19-39(35)51-40/h5-27H,1-4H3. The van der Waals surface area contributed by atoms with E-state index in [0.29, 0.717) is 17.5 Å². The van der Waals surface area contributed by atoms with E-state index < -0.39 is 0 Å². The molecule has 4 heteroatoms. The fraction of sp³-hybridized carbons (Fsp3) is 0.128. The third-order valence-electron chi connectivity index (χ3n) is 11.7. The van der Waals surface area contributed by atoms with Crippen LogP contribution in [0.3, 0.4) is 0 Å². The molecule has 1 aliphatic carbocycles. The van der Waals surface area contributed by atoms with Gasteiger partial charge in [-0.15, -0.1) is 0 Å². The van der Waals surface area contributed by atoms with Gasteiger partial charge in [0.15, 0.2) is 17.5 Å². The Bertz CT molecular complexity index is 2860. The van der Waals surface area contributed by atoms with Gasteiger partial charge >= 0.3 is 0 Å². The Labute approximate surface area is 296 Å². The van der Waals surface area contributed by atoms with Crippen LogP contribution in [-0.2, 0) is 10.8 Å². The van der Waals surface area contributed by atoms with Crippen molar-refractivity contribution >= 4 is 43.5 Å². The van der Waals surface area contributed by atoms with Crippen LogP contribution in [0.5, 0.6) is 0 Å². The predicted molar refractivity (Wildman–Crippen MR) is 210 cm³/mol. The number of para-hydroxylation sites is 1. The van der Waals surface area contributed by atoms with Gasteiger partial charge in [-0.05, 0) is 67.4 Å². The number of aromatic nitrogens is 3. The smallest absolute Gasteiger partial charge is 0.164 e. The summed E-state index contributed by atoms with van der Waals surface area (Å²) in [7, 11) is 0. The molecule has 0 saturated heterocycles. The molecule has 0 saturated carbocycles. The third-order valence-corrected chi connectivity index (χ3v) is 11.7. The van der Waals surface area contributed by atoms with E-state index >= 15 is 0 Å². The van der Waals surface area contributed by atoms with Crippen molar-refractivity contribution in [3.8, 4) is 45.3 Å². The van der Waals surface area contributed by atoms with E-state index in [1.807, 2.05) is 48.5 Å². The van der Waals surface area contributed by atoms with Crippen molar-refractivity contribution in [1.29, 1.82) is 0 Å². The van der Waals surface area contributed by atoms with Gasteiger partial charge in [0, 0.05) is 32.9 Å². The van der Waals surface area contributed by atoms with E-state index in [9.17, 15) is 0 Å². The highest BCUT2D eigenvalue weighted by molar-refractivity contribution is 6.12. The van der Waals surface area contributed by atoms with Crippen LogP contribution in [0.1, 0.15) is 38.8 Å². The summed E-state index contributed by atoms with van der Waals surface area (Å²) in [4.78, 5) is 15.5. The van der Waals surface area contributed by atoms with Gasteiger partial charge in [-0.3, -0.25) is 0 Å². The van der Waals surface area contributed by atoms with Gasteiger partial charge in [0.25, 0.3) is 0 Å². The molecule has 10 rings (SSSR count). The number of benzene rings is 7. The highest BCUT2D eigenvalue weighted by Crippen LogP contribution is 2.56. The van der Waals surface area contributed by atoms with Crippen LogP contribution < -0.4 is 0 Å². The van der Waals surface area contributed by atoms with E-state index in [-0.39, 0.29) is 10.8 Å². The van der Waals surface area contributed by atoms with Crippen LogP contribution in [0.2, 0.25) is 0 Å². The minimum Gasteiger partial charge on any atom is -0.456 e. The highest BCUT2D eigenvalue weighted by atomic mass is 16.3. The first kappa shape index (κ1) is 29.8. The number of hydrogen-bond donors (Lipinski definition) is 0. The molecular formula is C47H35N3O.